The van der Waals surface area contributed by atoms with Gasteiger partial charge in [0.15, 0.2) is 5.11 Å². The zero-order valence-corrected chi connectivity index (χ0v) is 16.7. The number of rotatable bonds is 4. The van der Waals surface area contributed by atoms with E-state index in [1.165, 1.54) is 0 Å². The number of thiocarbonyl (C=S) groups is 1. The van der Waals surface area contributed by atoms with Crippen LogP contribution in [0.1, 0.15) is 23.4 Å². The topological polar surface area (TPSA) is 31.4 Å². The molecule has 0 bridgehead atoms. The number of halogens is 1. The van der Waals surface area contributed by atoms with Gasteiger partial charge in [0.05, 0.1) is 5.69 Å². The minimum atomic E-state index is 0.659. The van der Waals surface area contributed by atoms with Gasteiger partial charge in [0, 0.05) is 50.0 Å². The average molecular weight is 389 g/mol. The lowest BCUT2D eigenvalue weighted by atomic mass is 10.2. The van der Waals surface area contributed by atoms with Gasteiger partial charge in [-0.1, -0.05) is 35.9 Å². The fourth-order valence-corrected chi connectivity index (χ4v) is 3.63. The van der Waals surface area contributed by atoms with Crippen molar-refractivity contribution in [1.29, 1.82) is 0 Å². The van der Waals surface area contributed by atoms with E-state index in [1.54, 1.807) is 0 Å². The first-order chi connectivity index (χ1) is 12.6. The Hall–Kier alpha value is -1.69. The van der Waals surface area contributed by atoms with E-state index < -0.39 is 0 Å². The molecule has 26 heavy (non-hydrogen) atoms. The summed E-state index contributed by atoms with van der Waals surface area (Å²) in [5.41, 5.74) is 3.28. The van der Waals surface area contributed by atoms with E-state index in [0.717, 1.165) is 66.2 Å². The molecule has 1 fully saturated rings. The molecule has 1 aliphatic heterocycles. The molecule has 0 atom stereocenters. The number of nitrogens with zero attached hydrogens (tertiary/aromatic N) is 3. The number of pyridine rings is 1. The Kier molecular flexibility index (Phi) is 6.83. The van der Waals surface area contributed by atoms with E-state index in [0.29, 0.717) is 6.54 Å². The van der Waals surface area contributed by atoms with Crippen molar-refractivity contribution in [3.63, 3.8) is 0 Å². The number of benzene rings is 1. The lowest BCUT2D eigenvalue weighted by molar-refractivity contribution is 0.274. The third-order valence-electron chi connectivity index (χ3n) is 4.60. The molecule has 1 aliphatic rings. The van der Waals surface area contributed by atoms with Gasteiger partial charge in [0.2, 0.25) is 0 Å². The monoisotopic (exact) mass is 388 g/mol. The highest BCUT2D eigenvalue weighted by atomic mass is 35.5. The first kappa shape index (κ1) is 19.1. The van der Waals surface area contributed by atoms with Crippen LogP contribution < -0.4 is 5.32 Å². The highest BCUT2D eigenvalue weighted by Gasteiger charge is 2.17. The van der Waals surface area contributed by atoms with Crippen LogP contribution in [0.15, 0.2) is 42.5 Å². The van der Waals surface area contributed by atoms with Crippen LogP contribution in [0.2, 0.25) is 5.02 Å². The van der Waals surface area contributed by atoms with Gasteiger partial charge in [0.1, 0.15) is 0 Å². The molecular weight excluding hydrogens is 364 g/mol. The van der Waals surface area contributed by atoms with Gasteiger partial charge in [-0.3, -0.25) is 9.88 Å². The molecule has 138 valence electrons. The maximum absolute atomic E-state index is 6.22. The van der Waals surface area contributed by atoms with Crippen LogP contribution in [-0.2, 0) is 13.1 Å². The lowest BCUT2D eigenvalue weighted by Gasteiger charge is -2.25. The molecule has 0 unspecified atom stereocenters. The van der Waals surface area contributed by atoms with Crippen LogP contribution in [0.4, 0.5) is 0 Å². The van der Waals surface area contributed by atoms with E-state index in [1.807, 2.05) is 37.3 Å². The minimum absolute atomic E-state index is 0.659. The molecule has 3 rings (SSSR count). The van der Waals surface area contributed by atoms with Crippen molar-refractivity contribution in [2.24, 2.45) is 0 Å². The molecule has 0 saturated carbocycles. The van der Waals surface area contributed by atoms with Gasteiger partial charge in [-0.2, -0.15) is 0 Å². The van der Waals surface area contributed by atoms with Crippen molar-refractivity contribution in [3.05, 3.63) is 64.4 Å². The number of hydrogen-bond acceptors (Lipinski definition) is 3. The third kappa shape index (κ3) is 5.40. The van der Waals surface area contributed by atoms with Gasteiger partial charge in [-0.05, 0) is 49.3 Å². The molecular formula is C20H25ClN4S. The van der Waals surface area contributed by atoms with Crippen LogP contribution in [0, 0.1) is 6.92 Å². The Morgan fingerprint density at radius 1 is 1.12 bits per heavy atom. The average Bonchev–Trinajstić information content (AvgIpc) is 2.86. The Balaban J connectivity index is 1.50. The van der Waals surface area contributed by atoms with Crippen molar-refractivity contribution in [2.75, 3.05) is 26.2 Å². The molecule has 4 nitrogen and oxygen atoms in total. The van der Waals surface area contributed by atoms with Gasteiger partial charge >= 0.3 is 0 Å². The molecule has 0 radical (unpaired) electrons. The molecule has 6 heteroatoms. The SMILES string of the molecule is Cc1cccc(CN2CCCN(C(=S)NCc3ccccc3Cl)CC2)n1. The Labute approximate surface area is 166 Å². The Morgan fingerprint density at radius 3 is 2.77 bits per heavy atom. The Bertz CT molecular complexity index is 752. The molecule has 1 N–H and O–H groups in total. The first-order valence-corrected chi connectivity index (χ1v) is 9.81. The molecule has 0 spiro atoms. The summed E-state index contributed by atoms with van der Waals surface area (Å²) < 4.78 is 0. The van der Waals surface area contributed by atoms with Gasteiger partial charge in [-0.25, -0.2) is 0 Å². The summed E-state index contributed by atoms with van der Waals surface area (Å²) in [5, 5.41) is 4.93. The lowest BCUT2D eigenvalue weighted by Crippen LogP contribution is -2.41. The second-order valence-corrected chi connectivity index (χ2v) is 7.43. The number of hydrogen-bond donors (Lipinski definition) is 1. The largest absolute Gasteiger partial charge is 0.358 e. The van der Waals surface area contributed by atoms with E-state index in [2.05, 4.69) is 32.2 Å². The summed E-state index contributed by atoms with van der Waals surface area (Å²) in [5.74, 6) is 0. The second-order valence-electron chi connectivity index (χ2n) is 6.64. The van der Waals surface area contributed by atoms with E-state index in [-0.39, 0.29) is 0 Å². The number of aryl methyl sites for hydroxylation is 1. The van der Waals surface area contributed by atoms with Gasteiger partial charge in [-0.15, -0.1) is 0 Å². The van der Waals surface area contributed by atoms with Gasteiger partial charge in [0.25, 0.3) is 0 Å². The summed E-state index contributed by atoms with van der Waals surface area (Å²) >= 11 is 11.8. The zero-order chi connectivity index (χ0) is 18.4. The maximum atomic E-state index is 6.22. The molecule has 0 amide bonds. The van der Waals surface area contributed by atoms with Crippen LogP contribution in [0.25, 0.3) is 0 Å². The highest BCUT2D eigenvalue weighted by Crippen LogP contribution is 2.15. The van der Waals surface area contributed by atoms with E-state index >= 15 is 0 Å². The molecule has 2 heterocycles. The maximum Gasteiger partial charge on any atom is 0.169 e. The van der Waals surface area contributed by atoms with E-state index in [9.17, 15) is 0 Å². The van der Waals surface area contributed by atoms with Crippen LogP contribution in [0.5, 0.6) is 0 Å². The molecule has 1 saturated heterocycles. The second kappa shape index (κ2) is 9.31. The van der Waals surface area contributed by atoms with Crippen LogP contribution >= 0.6 is 23.8 Å². The van der Waals surface area contributed by atoms with Crippen molar-refractivity contribution in [3.8, 4) is 0 Å². The quantitative estimate of drug-likeness (QED) is 0.808. The molecule has 1 aromatic carbocycles. The predicted octanol–water partition coefficient (Wildman–Crippen LogP) is 3.63. The highest BCUT2D eigenvalue weighted by molar-refractivity contribution is 7.80. The summed E-state index contributed by atoms with van der Waals surface area (Å²) in [6, 6.07) is 14.1. The standard InChI is InChI=1S/C20H25ClN4S/c1-16-6-4-8-18(23-16)15-24-10-5-11-25(13-12-24)20(26)22-14-17-7-2-3-9-19(17)21/h2-4,6-9H,5,10-15H2,1H3,(H,22,26). The summed E-state index contributed by atoms with van der Waals surface area (Å²) in [4.78, 5) is 9.33. The normalized spacial score (nSPS) is 15.5. The first-order valence-electron chi connectivity index (χ1n) is 9.03. The third-order valence-corrected chi connectivity index (χ3v) is 5.37. The van der Waals surface area contributed by atoms with Gasteiger partial charge < -0.3 is 10.2 Å². The minimum Gasteiger partial charge on any atom is -0.358 e. The number of aromatic nitrogens is 1. The molecule has 1 aromatic heterocycles. The molecule has 2 aromatic rings. The fourth-order valence-electron chi connectivity index (χ4n) is 3.17. The smallest absolute Gasteiger partial charge is 0.169 e. The van der Waals surface area contributed by atoms with Crippen molar-refractivity contribution in [1.82, 2.24) is 20.1 Å². The summed E-state index contributed by atoms with van der Waals surface area (Å²) in [6.45, 7) is 7.56. The number of nitrogens with one attached hydrogen (secondary N) is 1. The predicted molar refractivity (Wildman–Crippen MR) is 111 cm³/mol. The fraction of sp³-hybridized carbons (Fsp3) is 0.400. The van der Waals surface area contributed by atoms with Crippen molar-refractivity contribution in [2.45, 2.75) is 26.4 Å². The van der Waals surface area contributed by atoms with Crippen LogP contribution in [0.3, 0.4) is 0 Å². The van der Waals surface area contributed by atoms with Crippen LogP contribution in [-0.4, -0.2) is 46.1 Å². The summed E-state index contributed by atoms with van der Waals surface area (Å²) in [6.07, 6.45) is 1.10. The zero-order valence-electron chi connectivity index (χ0n) is 15.1. The molecule has 0 aliphatic carbocycles. The van der Waals surface area contributed by atoms with Crippen molar-refractivity contribution >= 4 is 28.9 Å². The van der Waals surface area contributed by atoms with E-state index in [4.69, 9.17) is 23.8 Å². The van der Waals surface area contributed by atoms with Crippen molar-refractivity contribution < 1.29 is 0 Å². The summed E-state index contributed by atoms with van der Waals surface area (Å²) in [7, 11) is 0. The Morgan fingerprint density at radius 2 is 1.96 bits per heavy atom.